The molecule has 0 heterocycles. The summed E-state index contributed by atoms with van der Waals surface area (Å²) < 4.78 is 0. The Bertz CT molecular complexity index is 303. The first kappa shape index (κ1) is 9.45. The highest BCUT2D eigenvalue weighted by atomic mass is 16.4. The number of hydrogen-bond acceptors (Lipinski definition) is 3. The summed E-state index contributed by atoms with van der Waals surface area (Å²) in [5.41, 5.74) is 4.45. The molecule has 5 nitrogen and oxygen atoms in total. The van der Waals surface area contributed by atoms with Crippen molar-refractivity contribution in [2.24, 2.45) is 23.5 Å². The smallest absolute Gasteiger partial charge is 0.324 e. The summed E-state index contributed by atoms with van der Waals surface area (Å²) in [6.07, 6.45) is 1.91. The van der Waals surface area contributed by atoms with Gasteiger partial charge in [0.2, 0.25) is 0 Å². The normalized spacial score (nSPS) is 45.4. The second-order valence-corrected chi connectivity index (χ2v) is 4.29. The van der Waals surface area contributed by atoms with Crippen LogP contribution in [0.1, 0.15) is 19.3 Å². The van der Waals surface area contributed by atoms with Crippen molar-refractivity contribution in [2.75, 3.05) is 0 Å². The van der Waals surface area contributed by atoms with Gasteiger partial charge in [-0.2, -0.15) is 0 Å². The van der Waals surface area contributed by atoms with Gasteiger partial charge in [-0.1, -0.05) is 6.42 Å². The quantitative estimate of drug-likeness (QED) is 0.576. The highest BCUT2D eigenvalue weighted by Gasteiger charge is 2.67. The van der Waals surface area contributed by atoms with Gasteiger partial charge in [-0.25, -0.2) is 0 Å². The number of fused-ring (bicyclic) bond motifs is 1. The Balaban J connectivity index is 2.22. The van der Waals surface area contributed by atoms with E-state index in [1.54, 1.807) is 0 Å². The molecule has 0 bridgehead atoms. The van der Waals surface area contributed by atoms with Crippen LogP contribution in [0.5, 0.6) is 0 Å². The van der Waals surface area contributed by atoms with Crippen molar-refractivity contribution in [1.82, 2.24) is 0 Å². The molecular formula is C9H13NO4. The lowest BCUT2D eigenvalue weighted by Crippen LogP contribution is -2.52. The Morgan fingerprint density at radius 1 is 1.36 bits per heavy atom. The minimum Gasteiger partial charge on any atom is -0.481 e. The summed E-state index contributed by atoms with van der Waals surface area (Å²) in [7, 11) is 0. The third-order valence-electron chi connectivity index (χ3n) is 3.57. The summed E-state index contributed by atoms with van der Waals surface area (Å²) in [5, 5.41) is 17.8. The predicted octanol–water partition coefficient (Wildman–Crippen LogP) is -0.101. The van der Waals surface area contributed by atoms with Crippen molar-refractivity contribution >= 4 is 11.9 Å². The highest BCUT2D eigenvalue weighted by molar-refractivity contribution is 5.84. The second-order valence-electron chi connectivity index (χ2n) is 4.29. The molecule has 4 N–H and O–H groups in total. The molecule has 0 spiro atoms. The number of carboxylic acid groups (broad SMARTS) is 2. The molecule has 2 aliphatic carbocycles. The predicted molar refractivity (Wildman–Crippen MR) is 46.5 cm³/mol. The molecule has 2 aliphatic rings. The Kier molecular flexibility index (Phi) is 1.82. The monoisotopic (exact) mass is 199 g/mol. The van der Waals surface area contributed by atoms with E-state index >= 15 is 0 Å². The van der Waals surface area contributed by atoms with E-state index in [0.717, 1.165) is 6.42 Å². The maximum absolute atomic E-state index is 11.0. The first-order valence-electron chi connectivity index (χ1n) is 4.73. The zero-order valence-corrected chi connectivity index (χ0v) is 7.64. The van der Waals surface area contributed by atoms with Crippen LogP contribution in [0, 0.1) is 17.8 Å². The van der Waals surface area contributed by atoms with Gasteiger partial charge in [-0.05, 0) is 18.8 Å². The molecule has 2 fully saturated rings. The van der Waals surface area contributed by atoms with E-state index < -0.39 is 23.4 Å². The fourth-order valence-corrected chi connectivity index (χ4v) is 2.82. The van der Waals surface area contributed by atoms with E-state index in [1.807, 2.05) is 0 Å². The zero-order chi connectivity index (χ0) is 10.5. The third kappa shape index (κ3) is 1.05. The SMILES string of the molecule is N[C@@]1(C(=O)O)CCC[C@H]2[C@@H](C(=O)O)[C@H]21. The average Bonchev–Trinajstić information content (AvgIpc) is 2.79. The van der Waals surface area contributed by atoms with E-state index in [4.69, 9.17) is 15.9 Å². The van der Waals surface area contributed by atoms with Gasteiger partial charge >= 0.3 is 11.9 Å². The van der Waals surface area contributed by atoms with E-state index in [0.29, 0.717) is 12.8 Å². The van der Waals surface area contributed by atoms with Crippen molar-refractivity contribution in [1.29, 1.82) is 0 Å². The lowest BCUT2D eigenvalue weighted by atomic mass is 9.82. The highest BCUT2D eigenvalue weighted by Crippen LogP contribution is 2.59. The molecule has 2 saturated carbocycles. The van der Waals surface area contributed by atoms with Gasteiger partial charge in [0.25, 0.3) is 0 Å². The van der Waals surface area contributed by atoms with Crippen molar-refractivity contribution in [3.8, 4) is 0 Å². The van der Waals surface area contributed by atoms with Crippen LogP contribution in [-0.2, 0) is 9.59 Å². The lowest BCUT2D eigenvalue weighted by molar-refractivity contribution is -0.145. The molecule has 14 heavy (non-hydrogen) atoms. The van der Waals surface area contributed by atoms with Crippen LogP contribution in [0.25, 0.3) is 0 Å². The number of nitrogens with two attached hydrogens (primary N) is 1. The van der Waals surface area contributed by atoms with Crippen molar-refractivity contribution in [2.45, 2.75) is 24.8 Å². The maximum Gasteiger partial charge on any atom is 0.324 e. The van der Waals surface area contributed by atoms with Gasteiger partial charge in [0.1, 0.15) is 5.54 Å². The van der Waals surface area contributed by atoms with E-state index in [2.05, 4.69) is 0 Å². The van der Waals surface area contributed by atoms with Gasteiger partial charge in [0, 0.05) is 5.92 Å². The minimum absolute atomic E-state index is 0.0117. The largest absolute Gasteiger partial charge is 0.481 e. The first-order chi connectivity index (χ1) is 6.48. The molecule has 0 aromatic carbocycles. The standard InChI is InChI=1S/C9H13NO4/c10-9(8(13)14)3-1-2-4-5(6(4)9)7(11)12/h4-6H,1-3,10H2,(H,11,12)(H,13,14)/t4-,5+,6-,9-/m0/s1. The fourth-order valence-electron chi connectivity index (χ4n) is 2.82. The van der Waals surface area contributed by atoms with Crippen LogP contribution in [0.15, 0.2) is 0 Å². The van der Waals surface area contributed by atoms with Crippen LogP contribution < -0.4 is 5.73 Å². The summed E-state index contributed by atoms with van der Waals surface area (Å²) in [5.74, 6) is -2.86. The van der Waals surface area contributed by atoms with Gasteiger partial charge in [-0.3, -0.25) is 9.59 Å². The van der Waals surface area contributed by atoms with Gasteiger partial charge in [0.15, 0.2) is 0 Å². The molecule has 5 heteroatoms. The third-order valence-corrected chi connectivity index (χ3v) is 3.57. The Morgan fingerprint density at radius 3 is 2.50 bits per heavy atom. The molecule has 0 aromatic heterocycles. The van der Waals surface area contributed by atoms with Crippen molar-refractivity contribution in [3.63, 3.8) is 0 Å². The number of carbonyl (C=O) groups is 2. The molecule has 0 radical (unpaired) electrons. The molecule has 0 saturated heterocycles. The number of aliphatic carboxylic acids is 2. The summed E-state index contributed by atoms with van der Waals surface area (Å²) >= 11 is 0. The lowest BCUT2D eigenvalue weighted by Gasteiger charge is -2.28. The number of rotatable bonds is 2. The van der Waals surface area contributed by atoms with Crippen molar-refractivity contribution < 1.29 is 19.8 Å². The molecule has 0 amide bonds. The minimum atomic E-state index is -1.30. The van der Waals surface area contributed by atoms with Gasteiger partial charge in [-0.15, -0.1) is 0 Å². The van der Waals surface area contributed by atoms with E-state index in [9.17, 15) is 9.59 Å². The van der Waals surface area contributed by atoms with Crippen molar-refractivity contribution in [3.05, 3.63) is 0 Å². The Morgan fingerprint density at radius 2 is 2.00 bits per heavy atom. The summed E-state index contributed by atoms with van der Waals surface area (Å²) in [6, 6.07) is 0. The molecule has 0 unspecified atom stereocenters. The zero-order valence-electron chi connectivity index (χ0n) is 7.64. The second kappa shape index (κ2) is 2.70. The molecular weight excluding hydrogens is 186 g/mol. The maximum atomic E-state index is 11.0. The van der Waals surface area contributed by atoms with Gasteiger partial charge in [0.05, 0.1) is 5.92 Å². The van der Waals surface area contributed by atoms with Crippen LogP contribution in [-0.4, -0.2) is 27.7 Å². The molecule has 78 valence electrons. The fraction of sp³-hybridized carbons (Fsp3) is 0.778. The van der Waals surface area contributed by atoms with Crippen LogP contribution in [0.4, 0.5) is 0 Å². The number of hydrogen-bond donors (Lipinski definition) is 3. The first-order valence-corrected chi connectivity index (χ1v) is 4.73. The van der Waals surface area contributed by atoms with Gasteiger partial charge < -0.3 is 15.9 Å². The van der Waals surface area contributed by atoms with E-state index in [1.165, 1.54) is 0 Å². The molecule has 0 aliphatic heterocycles. The number of carboxylic acids is 2. The molecule has 0 aromatic rings. The van der Waals surface area contributed by atoms with Crippen LogP contribution in [0.2, 0.25) is 0 Å². The molecule has 4 atom stereocenters. The average molecular weight is 199 g/mol. The Labute approximate surface area is 80.9 Å². The topological polar surface area (TPSA) is 101 Å². The van der Waals surface area contributed by atoms with E-state index in [-0.39, 0.29) is 11.8 Å². The Hall–Kier alpha value is -1.10. The summed E-state index contributed by atoms with van der Waals surface area (Å²) in [4.78, 5) is 21.8. The summed E-state index contributed by atoms with van der Waals surface area (Å²) in [6.45, 7) is 0. The molecule has 2 rings (SSSR count). The van der Waals surface area contributed by atoms with Crippen LogP contribution >= 0.6 is 0 Å². The van der Waals surface area contributed by atoms with Crippen LogP contribution in [0.3, 0.4) is 0 Å².